The third-order valence-corrected chi connectivity index (χ3v) is 5.75. The van der Waals surface area contributed by atoms with E-state index < -0.39 is 10.0 Å². The highest BCUT2D eigenvalue weighted by Gasteiger charge is 2.44. The van der Waals surface area contributed by atoms with Crippen molar-refractivity contribution in [1.82, 2.24) is 9.29 Å². The first-order valence-electron chi connectivity index (χ1n) is 6.06. The van der Waals surface area contributed by atoms with Crippen LogP contribution in [0.15, 0.2) is 23.2 Å². The van der Waals surface area contributed by atoms with Gasteiger partial charge in [-0.05, 0) is 37.3 Å². The summed E-state index contributed by atoms with van der Waals surface area (Å²) in [6, 6.07) is 3.30. The van der Waals surface area contributed by atoms with Crippen LogP contribution in [-0.4, -0.2) is 30.3 Å². The molecule has 1 aliphatic heterocycles. The Morgan fingerprint density at radius 1 is 1.39 bits per heavy atom. The predicted octanol–water partition coefficient (Wildman–Crippen LogP) is 0.540. The molecule has 1 aromatic heterocycles. The molecule has 1 aromatic rings. The van der Waals surface area contributed by atoms with Crippen molar-refractivity contribution in [3.63, 3.8) is 0 Å². The maximum absolute atomic E-state index is 12.5. The summed E-state index contributed by atoms with van der Waals surface area (Å²) in [7, 11) is -3.39. The Bertz CT molecular complexity index is 543. The summed E-state index contributed by atoms with van der Waals surface area (Å²) in [5.41, 5.74) is 2.38. The topological polar surface area (TPSA) is 88.3 Å². The minimum Gasteiger partial charge on any atom is -0.308 e. The van der Waals surface area contributed by atoms with E-state index in [0.29, 0.717) is 18.3 Å². The van der Waals surface area contributed by atoms with Gasteiger partial charge in [-0.15, -0.1) is 0 Å². The average molecular weight is 268 g/mol. The molecule has 1 aliphatic carbocycles. The second-order valence-corrected chi connectivity index (χ2v) is 6.82. The number of pyridine rings is 1. The Kier molecular flexibility index (Phi) is 2.76. The lowest BCUT2D eigenvalue weighted by atomic mass is 10.1. The van der Waals surface area contributed by atoms with Crippen LogP contribution < -0.4 is 11.3 Å². The number of hydrogen-bond acceptors (Lipinski definition) is 5. The fourth-order valence-corrected chi connectivity index (χ4v) is 4.62. The molecule has 7 heteroatoms. The molecule has 2 bridgehead atoms. The standard InChI is InChI=1S/C11H16N4O2S/c12-14-11-4-3-10(6-13-11)18(16,17)15-7-8-1-2-9(15)5-8/h3-4,6,8-9H,1-2,5,7,12H2,(H,13,14). The molecular formula is C11H16N4O2S. The predicted molar refractivity (Wildman–Crippen MR) is 67.1 cm³/mol. The summed E-state index contributed by atoms with van der Waals surface area (Å²) in [5, 5.41) is 0. The van der Waals surface area contributed by atoms with Crippen molar-refractivity contribution in [1.29, 1.82) is 0 Å². The number of hydrogen-bond donors (Lipinski definition) is 2. The van der Waals surface area contributed by atoms with Crippen LogP contribution in [-0.2, 0) is 10.0 Å². The van der Waals surface area contributed by atoms with Crippen LogP contribution in [0.25, 0.3) is 0 Å². The van der Waals surface area contributed by atoms with Gasteiger partial charge in [0.25, 0.3) is 0 Å². The van der Waals surface area contributed by atoms with Gasteiger partial charge in [0.05, 0.1) is 0 Å². The zero-order valence-electron chi connectivity index (χ0n) is 9.91. The van der Waals surface area contributed by atoms with Gasteiger partial charge in [-0.1, -0.05) is 0 Å². The summed E-state index contributed by atoms with van der Waals surface area (Å²) in [6.45, 7) is 0.657. The van der Waals surface area contributed by atoms with Gasteiger partial charge in [-0.2, -0.15) is 4.31 Å². The lowest BCUT2D eigenvalue weighted by molar-refractivity contribution is 0.333. The van der Waals surface area contributed by atoms with Crippen molar-refractivity contribution in [2.75, 3.05) is 12.0 Å². The van der Waals surface area contributed by atoms with Crippen LogP contribution in [0.3, 0.4) is 0 Å². The zero-order chi connectivity index (χ0) is 12.8. The largest absolute Gasteiger partial charge is 0.308 e. The fourth-order valence-electron chi connectivity index (χ4n) is 2.93. The minimum absolute atomic E-state index is 0.187. The van der Waals surface area contributed by atoms with Crippen molar-refractivity contribution in [3.8, 4) is 0 Å². The van der Waals surface area contributed by atoms with Gasteiger partial charge in [0.2, 0.25) is 10.0 Å². The molecule has 2 fully saturated rings. The van der Waals surface area contributed by atoms with Gasteiger partial charge in [0.15, 0.2) is 0 Å². The van der Waals surface area contributed by atoms with E-state index in [1.165, 1.54) is 6.20 Å². The van der Waals surface area contributed by atoms with Crippen LogP contribution in [0.2, 0.25) is 0 Å². The number of rotatable bonds is 3. The van der Waals surface area contributed by atoms with Crippen LogP contribution in [0, 0.1) is 5.92 Å². The average Bonchev–Trinajstić information content (AvgIpc) is 3.01. The van der Waals surface area contributed by atoms with E-state index in [0.717, 1.165) is 19.3 Å². The summed E-state index contributed by atoms with van der Waals surface area (Å²) in [5.74, 6) is 6.21. The Morgan fingerprint density at radius 3 is 2.72 bits per heavy atom. The first-order chi connectivity index (χ1) is 8.61. The Morgan fingerprint density at radius 2 is 2.22 bits per heavy atom. The van der Waals surface area contributed by atoms with Crippen LogP contribution >= 0.6 is 0 Å². The number of anilines is 1. The summed E-state index contributed by atoms with van der Waals surface area (Å²) in [6.07, 6.45) is 4.51. The minimum atomic E-state index is -3.39. The van der Waals surface area contributed by atoms with Gasteiger partial charge in [0.1, 0.15) is 10.7 Å². The number of piperidine rings is 1. The SMILES string of the molecule is NNc1ccc(S(=O)(=O)N2CC3CCC2C3)cn1. The molecule has 1 saturated heterocycles. The molecule has 3 N–H and O–H groups in total. The van der Waals surface area contributed by atoms with Gasteiger partial charge in [-0.25, -0.2) is 19.2 Å². The van der Waals surface area contributed by atoms with Crippen LogP contribution in [0.4, 0.5) is 5.82 Å². The molecule has 18 heavy (non-hydrogen) atoms. The summed E-state index contributed by atoms with van der Waals surface area (Å²) >= 11 is 0. The van der Waals surface area contributed by atoms with Gasteiger partial charge < -0.3 is 5.43 Å². The molecule has 2 heterocycles. The Hall–Kier alpha value is -1.18. The van der Waals surface area contributed by atoms with E-state index in [1.807, 2.05) is 0 Å². The van der Waals surface area contributed by atoms with Crippen molar-refractivity contribution < 1.29 is 8.42 Å². The van der Waals surface area contributed by atoms with Crippen molar-refractivity contribution >= 4 is 15.8 Å². The molecule has 1 saturated carbocycles. The molecule has 2 unspecified atom stereocenters. The van der Waals surface area contributed by atoms with E-state index in [-0.39, 0.29) is 10.9 Å². The van der Waals surface area contributed by atoms with Gasteiger partial charge >= 0.3 is 0 Å². The highest BCUT2D eigenvalue weighted by Crippen LogP contribution is 2.40. The number of fused-ring (bicyclic) bond motifs is 2. The van der Waals surface area contributed by atoms with Crippen LogP contribution in [0.5, 0.6) is 0 Å². The van der Waals surface area contributed by atoms with Crippen molar-refractivity contribution in [2.24, 2.45) is 11.8 Å². The molecule has 0 radical (unpaired) electrons. The molecule has 0 aromatic carbocycles. The molecular weight excluding hydrogens is 252 g/mol. The molecule has 2 aliphatic rings. The maximum atomic E-state index is 12.5. The zero-order valence-corrected chi connectivity index (χ0v) is 10.7. The quantitative estimate of drug-likeness (QED) is 0.617. The first-order valence-corrected chi connectivity index (χ1v) is 7.50. The van der Waals surface area contributed by atoms with Gasteiger partial charge in [0, 0.05) is 18.8 Å². The van der Waals surface area contributed by atoms with Crippen molar-refractivity contribution in [2.45, 2.75) is 30.2 Å². The lowest BCUT2D eigenvalue weighted by Gasteiger charge is -2.25. The summed E-state index contributed by atoms with van der Waals surface area (Å²) in [4.78, 5) is 4.20. The van der Waals surface area contributed by atoms with E-state index in [9.17, 15) is 8.42 Å². The molecule has 3 rings (SSSR count). The highest BCUT2D eigenvalue weighted by atomic mass is 32.2. The normalized spacial score (nSPS) is 27.6. The second kappa shape index (κ2) is 4.18. The van der Waals surface area contributed by atoms with Crippen LogP contribution in [0.1, 0.15) is 19.3 Å². The number of nitrogens with two attached hydrogens (primary N) is 1. The molecule has 2 atom stereocenters. The first kappa shape index (κ1) is 11.9. The number of aromatic nitrogens is 1. The number of nitrogens with one attached hydrogen (secondary N) is 1. The monoisotopic (exact) mass is 268 g/mol. The number of nitrogen functional groups attached to an aromatic ring is 1. The molecule has 0 spiro atoms. The molecule has 0 amide bonds. The summed E-state index contributed by atoms with van der Waals surface area (Å²) < 4.78 is 26.5. The Labute approximate surface area is 106 Å². The van der Waals surface area contributed by atoms with Crippen molar-refractivity contribution in [3.05, 3.63) is 18.3 Å². The number of nitrogens with zero attached hydrogens (tertiary/aromatic N) is 2. The van der Waals surface area contributed by atoms with E-state index in [1.54, 1.807) is 16.4 Å². The highest BCUT2D eigenvalue weighted by molar-refractivity contribution is 7.89. The lowest BCUT2D eigenvalue weighted by Crippen LogP contribution is -2.37. The molecule has 98 valence electrons. The second-order valence-electron chi connectivity index (χ2n) is 4.93. The van der Waals surface area contributed by atoms with E-state index in [2.05, 4.69) is 10.4 Å². The Balaban J connectivity index is 1.89. The third kappa shape index (κ3) is 1.79. The van der Waals surface area contributed by atoms with Gasteiger partial charge in [-0.3, -0.25) is 0 Å². The smallest absolute Gasteiger partial charge is 0.244 e. The fraction of sp³-hybridized carbons (Fsp3) is 0.545. The molecule has 6 nitrogen and oxygen atoms in total. The van der Waals surface area contributed by atoms with E-state index in [4.69, 9.17) is 5.84 Å². The third-order valence-electron chi connectivity index (χ3n) is 3.85. The number of sulfonamides is 1. The maximum Gasteiger partial charge on any atom is 0.244 e. The van der Waals surface area contributed by atoms with E-state index >= 15 is 0 Å². The number of hydrazine groups is 1.